The van der Waals surface area contributed by atoms with Crippen molar-refractivity contribution < 1.29 is 9.90 Å². The fourth-order valence-corrected chi connectivity index (χ4v) is 4.15. The number of hydrogen-bond donors (Lipinski definition) is 3. The number of hydrogen-bond acceptors (Lipinski definition) is 3. The van der Waals surface area contributed by atoms with Crippen LogP contribution in [0.3, 0.4) is 0 Å². The molecule has 0 heterocycles. The van der Waals surface area contributed by atoms with E-state index in [4.69, 9.17) is 0 Å². The monoisotopic (exact) mass is 382 g/mol. The summed E-state index contributed by atoms with van der Waals surface area (Å²) in [4.78, 5) is 12.3. The fourth-order valence-electron chi connectivity index (χ4n) is 4.15. The van der Waals surface area contributed by atoms with E-state index in [2.05, 4.69) is 31.4 Å². The lowest BCUT2D eigenvalue weighted by molar-refractivity contribution is -0.125. The number of aliphatic hydroxyl groups excluding tert-OH is 1. The van der Waals surface area contributed by atoms with Crippen molar-refractivity contribution in [1.82, 2.24) is 10.6 Å². The van der Waals surface area contributed by atoms with E-state index in [1.54, 1.807) is 0 Å². The first-order valence-electron chi connectivity index (χ1n) is 11.6. The van der Waals surface area contributed by atoms with Gasteiger partial charge in [0.1, 0.15) is 0 Å². The molecule has 0 aromatic rings. The fraction of sp³-hybridized carbons (Fsp3) is 0.957. The summed E-state index contributed by atoms with van der Waals surface area (Å²) in [6.07, 6.45) is 12.2. The number of carbonyl (C=O) groups is 1. The summed E-state index contributed by atoms with van der Waals surface area (Å²) in [5.41, 5.74) is 0. The molecular weight excluding hydrogens is 336 g/mol. The van der Waals surface area contributed by atoms with Gasteiger partial charge in [0, 0.05) is 18.5 Å². The lowest BCUT2D eigenvalue weighted by atomic mass is 9.82. The molecule has 0 spiro atoms. The van der Waals surface area contributed by atoms with E-state index >= 15 is 0 Å². The SMILES string of the molecule is CCCCNC(=O)C(C)CC(O)C(CC1CCCCC1)NCCCC(C)C. The van der Waals surface area contributed by atoms with Gasteiger partial charge in [-0.15, -0.1) is 0 Å². The van der Waals surface area contributed by atoms with E-state index in [-0.39, 0.29) is 17.9 Å². The van der Waals surface area contributed by atoms with Crippen molar-refractivity contribution in [3.05, 3.63) is 0 Å². The van der Waals surface area contributed by atoms with Crippen molar-refractivity contribution in [2.75, 3.05) is 13.1 Å². The van der Waals surface area contributed by atoms with E-state index < -0.39 is 6.10 Å². The normalized spacial score (nSPS) is 19.0. The Kier molecular flexibility index (Phi) is 13.0. The van der Waals surface area contributed by atoms with Crippen LogP contribution in [0.15, 0.2) is 0 Å². The van der Waals surface area contributed by atoms with E-state index in [0.29, 0.717) is 6.42 Å². The Morgan fingerprint density at radius 2 is 1.78 bits per heavy atom. The number of nitrogens with one attached hydrogen (secondary N) is 2. The van der Waals surface area contributed by atoms with Crippen LogP contribution < -0.4 is 10.6 Å². The van der Waals surface area contributed by atoms with Gasteiger partial charge in [-0.2, -0.15) is 0 Å². The molecule has 0 aromatic heterocycles. The van der Waals surface area contributed by atoms with Gasteiger partial charge in [-0.05, 0) is 50.5 Å². The maximum Gasteiger partial charge on any atom is 0.222 e. The van der Waals surface area contributed by atoms with Gasteiger partial charge in [-0.1, -0.05) is 66.2 Å². The van der Waals surface area contributed by atoms with Crippen LogP contribution in [-0.4, -0.2) is 36.2 Å². The molecule has 0 radical (unpaired) electrons. The lowest BCUT2D eigenvalue weighted by Gasteiger charge is -2.31. The van der Waals surface area contributed by atoms with E-state index in [9.17, 15) is 9.90 Å². The minimum atomic E-state index is -0.446. The minimum Gasteiger partial charge on any atom is -0.391 e. The topological polar surface area (TPSA) is 61.4 Å². The third kappa shape index (κ3) is 11.1. The Labute approximate surface area is 168 Å². The average molecular weight is 383 g/mol. The van der Waals surface area contributed by atoms with Gasteiger partial charge in [0.05, 0.1) is 6.10 Å². The molecule has 4 heteroatoms. The summed E-state index contributed by atoms with van der Waals surface area (Å²) < 4.78 is 0. The molecule has 1 fully saturated rings. The molecule has 1 amide bonds. The molecule has 3 N–H and O–H groups in total. The second kappa shape index (κ2) is 14.4. The summed E-state index contributed by atoms with van der Waals surface area (Å²) in [6.45, 7) is 10.3. The predicted molar refractivity (Wildman–Crippen MR) is 115 cm³/mol. The number of aliphatic hydroxyl groups is 1. The van der Waals surface area contributed by atoms with Crippen LogP contribution in [0.2, 0.25) is 0 Å². The summed E-state index contributed by atoms with van der Waals surface area (Å²) in [6, 6.07) is 0.117. The first-order valence-corrected chi connectivity index (χ1v) is 11.6. The number of unbranched alkanes of at least 4 members (excludes halogenated alkanes) is 1. The standard InChI is InChI=1S/C23H46N2O2/c1-5-6-14-25-23(27)19(4)16-22(26)21(24-15-10-11-18(2)3)17-20-12-8-7-9-13-20/h18-22,24,26H,5-17H2,1-4H3,(H,25,27). The Morgan fingerprint density at radius 3 is 2.41 bits per heavy atom. The maximum absolute atomic E-state index is 12.3. The Bertz CT molecular complexity index is 381. The van der Waals surface area contributed by atoms with Crippen LogP contribution in [0.1, 0.15) is 98.3 Å². The summed E-state index contributed by atoms with van der Waals surface area (Å²) >= 11 is 0. The second-order valence-electron chi connectivity index (χ2n) is 9.19. The highest BCUT2D eigenvalue weighted by molar-refractivity contribution is 5.78. The zero-order chi connectivity index (χ0) is 20.1. The summed E-state index contributed by atoms with van der Waals surface area (Å²) in [7, 11) is 0. The third-order valence-electron chi connectivity index (χ3n) is 6.01. The van der Waals surface area contributed by atoms with Crippen molar-refractivity contribution in [2.45, 2.75) is 110 Å². The number of amides is 1. The van der Waals surface area contributed by atoms with Crippen molar-refractivity contribution in [3.8, 4) is 0 Å². The highest BCUT2D eigenvalue weighted by Crippen LogP contribution is 2.29. The molecule has 1 aliphatic rings. The van der Waals surface area contributed by atoms with Crippen LogP contribution in [-0.2, 0) is 4.79 Å². The molecule has 0 aromatic carbocycles. The first-order chi connectivity index (χ1) is 12.9. The summed E-state index contributed by atoms with van der Waals surface area (Å²) in [5.74, 6) is 1.40. The van der Waals surface area contributed by atoms with Gasteiger partial charge in [0.25, 0.3) is 0 Å². The van der Waals surface area contributed by atoms with Gasteiger partial charge in [0.15, 0.2) is 0 Å². The van der Waals surface area contributed by atoms with E-state index in [1.165, 1.54) is 38.5 Å². The second-order valence-corrected chi connectivity index (χ2v) is 9.19. The van der Waals surface area contributed by atoms with E-state index in [1.807, 2.05) is 6.92 Å². The quantitative estimate of drug-likeness (QED) is 0.383. The van der Waals surface area contributed by atoms with Crippen LogP contribution in [0, 0.1) is 17.8 Å². The largest absolute Gasteiger partial charge is 0.391 e. The van der Waals surface area contributed by atoms with Crippen molar-refractivity contribution in [1.29, 1.82) is 0 Å². The number of rotatable bonds is 14. The average Bonchev–Trinajstić information content (AvgIpc) is 2.64. The highest BCUT2D eigenvalue weighted by atomic mass is 16.3. The Balaban J connectivity index is 2.50. The molecule has 1 rings (SSSR count). The molecule has 0 saturated heterocycles. The molecule has 0 aliphatic heterocycles. The summed E-state index contributed by atoms with van der Waals surface area (Å²) in [5, 5.41) is 17.5. The van der Waals surface area contributed by atoms with Gasteiger partial charge < -0.3 is 15.7 Å². The molecule has 27 heavy (non-hydrogen) atoms. The smallest absolute Gasteiger partial charge is 0.222 e. The van der Waals surface area contributed by atoms with Crippen LogP contribution >= 0.6 is 0 Å². The van der Waals surface area contributed by atoms with Gasteiger partial charge in [0.2, 0.25) is 5.91 Å². The van der Waals surface area contributed by atoms with Crippen molar-refractivity contribution >= 4 is 5.91 Å². The zero-order valence-corrected chi connectivity index (χ0v) is 18.4. The first kappa shape index (κ1) is 24.4. The molecule has 160 valence electrons. The molecule has 1 saturated carbocycles. The third-order valence-corrected chi connectivity index (χ3v) is 6.01. The Morgan fingerprint density at radius 1 is 1.07 bits per heavy atom. The van der Waals surface area contributed by atoms with Crippen LogP contribution in [0.25, 0.3) is 0 Å². The van der Waals surface area contributed by atoms with Gasteiger partial charge in [-0.25, -0.2) is 0 Å². The Hall–Kier alpha value is -0.610. The molecule has 0 bridgehead atoms. The lowest BCUT2D eigenvalue weighted by Crippen LogP contribution is -2.44. The number of carbonyl (C=O) groups excluding carboxylic acids is 1. The molecule has 1 aliphatic carbocycles. The molecule has 4 nitrogen and oxygen atoms in total. The zero-order valence-electron chi connectivity index (χ0n) is 18.4. The van der Waals surface area contributed by atoms with Crippen molar-refractivity contribution in [2.24, 2.45) is 17.8 Å². The molecule has 3 unspecified atom stereocenters. The minimum absolute atomic E-state index is 0.0822. The van der Waals surface area contributed by atoms with Crippen molar-refractivity contribution in [3.63, 3.8) is 0 Å². The molecule has 3 atom stereocenters. The molecular formula is C23H46N2O2. The van der Waals surface area contributed by atoms with Crippen LogP contribution in [0.4, 0.5) is 0 Å². The maximum atomic E-state index is 12.3. The van der Waals surface area contributed by atoms with Gasteiger partial charge >= 0.3 is 0 Å². The predicted octanol–water partition coefficient (Wildman–Crippen LogP) is 4.65. The van der Waals surface area contributed by atoms with Crippen LogP contribution in [0.5, 0.6) is 0 Å². The highest BCUT2D eigenvalue weighted by Gasteiger charge is 2.27. The van der Waals surface area contributed by atoms with E-state index in [0.717, 1.165) is 50.6 Å². The van der Waals surface area contributed by atoms with Gasteiger partial charge in [-0.3, -0.25) is 4.79 Å².